The number of nitrogens with one attached hydrogen (secondary N) is 2. The summed E-state index contributed by atoms with van der Waals surface area (Å²) in [6, 6.07) is 22.4. The first kappa shape index (κ1) is 21.4. The van der Waals surface area contributed by atoms with E-state index in [0.29, 0.717) is 5.02 Å². The highest BCUT2D eigenvalue weighted by atomic mass is 35.5. The van der Waals surface area contributed by atoms with Gasteiger partial charge in [0.25, 0.3) is 0 Å². The Labute approximate surface area is 199 Å². The van der Waals surface area contributed by atoms with E-state index in [1.807, 2.05) is 42.5 Å². The first-order valence-electron chi connectivity index (χ1n) is 10.5. The maximum atomic E-state index is 10.3. The predicted molar refractivity (Wildman–Crippen MR) is 137 cm³/mol. The molecule has 0 radical (unpaired) electrons. The number of hydrogen-bond acceptors (Lipinski definition) is 3. The molecule has 166 valence electrons. The lowest BCUT2D eigenvalue weighted by Gasteiger charge is -1.91. The largest absolute Gasteiger partial charge is 0.478 e. The summed E-state index contributed by atoms with van der Waals surface area (Å²) in [5.74, 6) is -0.934. The van der Waals surface area contributed by atoms with Gasteiger partial charge in [0.1, 0.15) is 0 Å². The van der Waals surface area contributed by atoms with Crippen molar-refractivity contribution in [1.29, 1.82) is 0 Å². The fraction of sp³-hybridized carbons (Fsp3) is 0. The first-order valence-corrected chi connectivity index (χ1v) is 10.9. The molecule has 3 N–H and O–H groups in total. The third kappa shape index (κ3) is 5.14. The molecule has 0 spiro atoms. The Morgan fingerprint density at radius 2 is 1.03 bits per heavy atom. The van der Waals surface area contributed by atoms with Crippen molar-refractivity contribution in [1.82, 2.24) is 19.9 Å². The third-order valence-electron chi connectivity index (χ3n) is 5.13. The number of benzene rings is 1. The van der Waals surface area contributed by atoms with Crippen molar-refractivity contribution >= 4 is 63.9 Å². The van der Waals surface area contributed by atoms with Crippen molar-refractivity contribution in [2.24, 2.45) is 0 Å². The zero-order valence-electron chi connectivity index (χ0n) is 17.9. The average molecular weight is 467 g/mol. The van der Waals surface area contributed by atoms with Crippen LogP contribution in [-0.4, -0.2) is 31.0 Å². The second-order valence-corrected chi connectivity index (χ2v) is 8.15. The quantitative estimate of drug-likeness (QED) is 0.251. The van der Waals surface area contributed by atoms with Crippen molar-refractivity contribution in [3.8, 4) is 0 Å². The lowest BCUT2D eigenvalue weighted by molar-refractivity contribution is 0.0697. The van der Waals surface area contributed by atoms with Crippen molar-refractivity contribution in [2.75, 3.05) is 0 Å². The van der Waals surface area contributed by atoms with Crippen LogP contribution in [0.3, 0.4) is 0 Å². The van der Waals surface area contributed by atoms with E-state index >= 15 is 0 Å². The molecule has 0 atom stereocenters. The minimum Gasteiger partial charge on any atom is -0.478 e. The number of aromatic amines is 2. The molecule has 0 saturated heterocycles. The molecule has 6 rings (SSSR count). The second-order valence-electron chi connectivity index (χ2n) is 7.72. The zero-order chi connectivity index (χ0) is 23.5. The number of fused-ring (bicyclic) bond motifs is 8. The third-order valence-corrected chi connectivity index (χ3v) is 5.39. The van der Waals surface area contributed by atoms with Gasteiger partial charge in [0.05, 0.1) is 28.3 Å². The van der Waals surface area contributed by atoms with Gasteiger partial charge in [0, 0.05) is 27.1 Å². The summed E-state index contributed by atoms with van der Waals surface area (Å²) >= 11 is 5.52. The molecule has 8 bridgehead atoms. The van der Waals surface area contributed by atoms with Crippen LogP contribution in [0.4, 0.5) is 0 Å². The van der Waals surface area contributed by atoms with E-state index in [0.717, 1.165) is 44.8 Å². The van der Waals surface area contributed by atoms with Gasteiger partial charge < -0.3 is 15.1 Å². The number of H-pyrrole nitrogens is 2. The number of hydrogen-bond donors (Lipinski definition) is 3. The van der Waals surface area contributed by atoms with Crippen molar-refractivity contribution < 1.29 is 9.90 Å². The Bertz CT molecular complexity index is 1510. The summed E-state index contributed by atoms with van der Waals surface area (Å²) in [7, 11) is 0. The molecule has 2 aliphatic heterocycles. The second kappa shape index (κ2) is 9.21. The summed E-state index contributed by atoms with van der Waals surface area (Å²) in [6.07, 6.45) is 8.05. The van der Waals surface area contributed by atoms with Crippen LogP contribution >= 0.6 is 11.6 Å². The molecule has 5 heterocycles. The highest BCUT2D eigenvalue weighted by Gasteiger charge is 2.02. The number of carboxylic acids is 1. The van der Waals surface area contributed by atoms with Gasteiger partial charge in [-0.2, -0.15) is 0 Å². The number of aromatic nitrogens is 4. The van der Waals surface area contributed by atoms with Gasteiger partial charge in [-0.25, -0.2) is 14.8 Å². The molecule has 4 aromatic rings. The molecule has 1 aromatic carbocycles. The lowest BCUT2D eigenvalue weighted by atomic mass is 10.2. The molecular formula is C27H19ClN4O2. The molecular weight excluding hydrogens is 448 g/mol. The fourth-order valence-electron chi connectivity index (χ4n) is 3.54. The Morgan fingerprint density at radius 3 is 1.47 bits per heavy atom. The van der Waals surface area contributed by atoms with Gasteiger partial charge in [0.15, 0.2) is 0 Å². The number of rotatable bonds is 1. The molecule has 0 saturated carbocycles. The van der Waals surface area contributed by atoms with E-state index in [9.17, 15) is 4.79 Å². The summed E-state index contributed by atoms with van der Waals surface area (Å²) in [5, 5.41) is 8.98. The fourth-order valence-corrected chi connectivity index (χ4v) is 3.66. The van der Waals surface area contributed by atoms with Gasteiger partial charge in [-0.1, -0.05) is 11.6 Å². The van der Waals surface area contributed by atoms with E-state index in [1.165, 1.54) is 12.1 Å². The van der Waals surface area contributed by atoms with E-state index in [-0.39, 0.29) is 5.56 Å². The number of halogens is 1. The molecule has 0 amide bonds. The average Bonchev–Trinajstić information content (AvgIpc) is 3.60. The number of nitrogens with zero attached hydrogens (tertiary/aromatic N) is 2. The van der Waals surface area contributed by atoms with E-state index < -0.39 is 5.97 Å². The SMILES string of the molecule is C1=Cc2cc3ccc(cc4ccc(cc5nc(cc1n2)C=C5)[nH]4)[nH]3.O=C(O)c1ccc(Cl)cc1. The van der Waals surface area contributed by atoms with Crippen molar-refractivity contribution in [2.45, 2.75) is 0 Å². The van der Waals surface area contributed by atoms with E-state index in [2.05, 4.69) is 50.3 Å². The lowest BCUT2D eigenvalue weighted by Crippen LogP contribution is -1.94. The minimum atomic E-state index is -0.934. The molecule has 0 fully saturated rings. The molecule has 0 unspecified atom stereocenters. The van der Waals surface area contributed by atoms with Crippen LogP contribution in [0.1, 0.15) is 33.1 Å². The standard InChI is InChI=1S/C20H14N4.C7H5ClO2/c1-2-14-10-16-5-6-18(23-16)12-20-8-7-19(24-20)11-17-4-3-15(22-17)9-13(1)21-14;8-6-3-1-5(2-4-6)7(9)10/h1-12,21-22H;1-4H,(H,9,10). The normalized spacial score (nSPS) is 11.7. The first-order chi connectivity index (χ1) is 16.5. The molecule has 2 aliphatic rings. The summed E-state index contributed by atoms with van der Waals surface area (Å²) < 4.78 is 0. The Hall–Kier alpha value is -4.42. The predicted octanol–water partition coefficient (Wildman–Crippen LogP) is 6.69. The van der Waals surface area contributed by atoms with Crippen LogP contribution in [0.25, 0.3) is 46.4 Å². The number of carboxylic acid groups (broad SMARTS) is 1. The smallest absolute Gasteiger partial charge is 0.335 e. The van der Waals surface area contributed by atoms with Crippen LogP contribution in [0, 0.1) is 0 Å². The van der Waals surface area contributed by atoms with Gasteiger partial charge in [-0.05, 0) is 97.1 Å². The van der Waals surface area contributed by atoms with Gasteiger partial charge in [-0.3, -0.25) is 0 Å². The molecule has 6 nitrogen and oxygen atoms in total. The van der Waals surface area contributed by atoms with Crippen LogP contribution < -0.4 is 0 Å². The van der Waals surface area contributed by atoms with Crippen molar-refractivity contribution in [3.05, 3.63) is 106 Å². The maximum Gasteiger partial charge on any atom is 0.335 e. The highest BCUT2D eigenvalue weighted by Crippen LogP contribution is 2.17. The topological polar surface area (TPSA) is 94.7 Å². The molecule has 7 heteroatoms. The van der Waals surface area contributed by atoms with Gasteiger partial charge in [-0.15, -0.1) is 0 Å². The van der Waals surface area contributed by atoms with Crippen LogP contribution in [0.15, 0.2) is 72.8 Å². The van der Waals surface area contributed by atoms with Crippen LogP contribution in [-0.2, 0) is 0 Å². The Morgan fingerprint density at radius 1 is 0.618 bits per heavy atom. The summed E-state index contributed by atoms with van der Waals surface area (Å²) in [6.45, 7) is 0. The van der Waals surface area contributed by atoms with Crippen LogP contribution in [0.2, 0.25) is 5.02 Å². The molecule has 3 aromatic heterocycles. The van der Waals surface area contributed by atoms with Gasteiger partial charge in [0.2, 0.25) is 0 Å². The summed E-state index contributed by atoms with van der Waals surface area (Å²) in [5.41, 5.74) is 8.11. The maximum absolute atomic E-state index is 10.3. The molecule has 0 aliphatic carbocycles. The Balaban J connectivity index is 0.000000204. The van der Waals surface area contributed by atoms with Gasteiger partial charge >= 0.3 is 5.97 Å². The van der Waals surface area contributed by atoms with Crippen molar-refractivity contribution in [3.63, 3.8) is 0 Å². The Kier molecular flexibility index (Phi) is 5.81. The number of aromatic carboxylic acids is 1. The number of carbonyl (C=O) groups is 1. The highest BCUT2D eigenvalue weighted by molar-refractivity contribution is 6.30. The van der Waals surface area contributed by atoms with Crippen LogP contribution in [0.5, 0.6) is 0 Å². The zero-order valence-corrected chi connectivity index (χ0v) is 18.6. The molecule has 34 heavy (non-hydrogen) atoms. The monoisotopic (exact) mass is 466 g/mol. The minimum absolute atomic E-state index is 0.254. The van der Waals surface area contributed by atoms with E-state index in [1.54, 1.807) is 12.1 Å². The summed E-state index contributed by atoms with van der Waals surface area (Å²) in [4.78, 5) is 26.3. The van der Waals surface area contributed by atoms with E-state index in [4.69, 9.17) is 16.7 Å².